The minimum absolute atomic E-state index is 0.0323. The molecule has 6 rings (SSSR count). The number of nitro benzene ring substituents is 1. The predicted molar refractivity (Wildman–Crippen MR) is 272 cm³/mol. The molecule has 70 heavy (non-hydrogen) atoms. The standard InChI is InChI=1S/C52H61ClN7O9P/c1-8-57(43-21-19-42(20-22-43)55-56-49-28-23-44(60(63)64)33-48(49)53)31-29-51(34-47(35-58(51)50(61)62)69-70(68-32-12-30-54)59(37(2)3)38(4)5)36-67-52(39-13-10-9-11-14-39,40-15-24-45(65-6)25-16-40)41-17-26-46(66-7)27-18-41/h9-11,13-28,33,37-38,47H,8,12,29,31-32,34-36H2,1-7H3,(H,61,62). The Hall–Kier alpha value is -6.18. The van der Waals surface area contributed by atoms with E-state index >= 15 is 0 Å². The Balaban J connectivity index is 1.41. The molecule has 370 valence electrons. The zero-order valence-electron chi connectivity index (χ0n) is 40.6. The van der Waals surface area contributed by atoms with Crippen LogP contribution in [0.1, 0.15) is 70.6 Å². The van der Waals surface area contributed by atoms with Crippen LogP contribution in [0, 0.1) is 21.4 Å². The molecule has 0 bridgehead atoms. The van der Waals surface area contributed by atoms with Crippen LogP contribution in [-0.4, -0.2) is 96.5 Å². The van der Waals surface area contributed by atoms with Gasteiger partial charge in [0.2, 0.25) is 0 Å². The number of anilines is 1. The lowest BCUT2D eigenvalue weighted by Crippen LogP contribution is -2.53. The number of rotatable bonds is 24. The van der Waals surface area contributed by atoms with Gasteiger partial charge in [-0.05, 0) is 112 Å². The van der Waals surface area contributed by atoms with Crippen LogP contribution in [0.5, 0.6) is 11.5 Å². The first-order chi connectivity index (χ1) is 33.7. The van der Waals surface area contributed by atoms with Crippen molar-refractivity contribution in [2.45, 2.75) is 83.2 Å². The van der Waals surface area contributed by atoms with Gasteiger partial charge >= 0.3 is 6.09 Å². The zero-order chi connectivity index (χ0) is 50.4. The molecule has 1 heterocycles. The lowest BCUT2D eigenvalue weighted by Gasteiger charge is -2.43. The zero-order valence-corrected chi connectivity index (χ0v) is 42.3. The highest BCUT2D eigenvalue weighted by Gasteiger charge is 2.52. The third kappa shape index (κ3) is 12.6. The van der Waals surface area contributed by atoms with Crippen molar-refractivity contribution in [2.75, 3.05) is 52.0 Å². The number of carbonyl (C=O) groups is 1. The molecule has 1 N–H and O–H groups in total. The fraction of sp³-hybridized carbons (Fsp3) is 0.385. The second kappa shape index (κ2) is 24.6. The van der Waals surface area contributed by atoms with Crippen molar-refractivity contribution >= 4 is 49.0 Å². The van der Waals surface area contributed by atoms with Crippen molar-refractivity contribution in [1.82, 2.24) is 9.57 Å². The van der Waals surface area contributed by atoms with Crippen molar-refractivity contribution in [3.05, 3.63) is 153 Å². The van der Waals surface area contributed by atoms with Crippen LogP contribution < -0.4 is 14.4 Å². The smallest absolute Gasteiger partial charge is 0.407 e. The largest absolute Gasteiger partial charge is 0.497 e. The number of ether oxygens (including phenoxy) is 3. The SMILES string of the molecule is CCN(CCC1(COC(c2ccccc2)(c2ccc(OC)cc2)c2ccc(OC)cc2)CC(OP(OCCC#N)N(C(C)C)C(C)C)CN1C(=O)O)c1ccc(N=Nc2ccc([N+](=O)[O-])cc2Cl)cc1. The number of amides is 1. The van der Waals surface area contributed by atoms with E-state index < -0.39 is 36.8 Å². The number of azo groups is 1. The minimum Gasteiger partial charge on any atom is -0.497 e. The highest BCUT2D eigenvalue weighted by Crippen LogP contribution is 2.51. The van der Waals surface area contributed by atoms with Crippen LogP contribution in [0.2, 0.25) is 5.02 Å². The third-order valence-corrected chi connectivity index (χ3v) is 14.8. The normalized spacial score (nSPS) is 16.5. The highest BCUT2D eigenvalue weighted by molar-refractivity contribution is 7.44. The molecule has 0 aliphatic carbocycles. The summed E-state index contributed by atoms with van der Waals surface area (Å²) in [6.07, 6.45) is -0.904. The number of likely N-dealkylation sites (tertiary alicyclic amines) is 1. The van der Waals surface area contributed by atoms with Crippen molar-refractivity contribution in [1.29, 1.82) is 5.26 Å². The molecule has 1 aliphatic heterocycles. The van der Waals surface area contributed by atoms with Gasteiger partial charge in [0.25, 0.3) is 14.2 Å². The number of non-ortho nitro benzene ring substituents is 1. The maximum Gasteiger partial charge on any atom is 0.407 e. The highest BCUT2D eigenvalue weighted by atomic mass is 35.5. The molecule has 1 amide bonds. The van der Waals surface area contributed by atoms with Gasteiger partial charge in [-0.2, -0.15) is 10.4 Å². The first-order valence-electron chi connectivity index (χ1n) is 23.1. The number of methoxy groups -OCH3 is 2. The monoisotopic (exact) mass is 993 g/mol. The Kier molecular flexibility index (Phi) is 18.7. The number of carboxylic acid groups (broad SMARTS) is 1. The van der Waals surface area contributed by atoms with Gasteiger partial charge in [-0.3, -0.25) is 15.0 Å². The van der Waals surface area contributed by atoms with E-state index in [0.717, 1.165) is 22.4 Å². The number of nitrogens with zero attached hydrogens (tertiary/aromatic N) is 7. The summed E-state index contributed by atoms with van der Waals surface area (Å²) < 4.78 is 34.1. The molecule has 0 radical (unpaired) electrons. The summed E-state index contributed by atoms with van der Waals surface area (Å²) in [6, 6.07) is 39.0. The van der Waals surface area contributed by atoms with Crippen LogP contribution >= 0.6 is 20.1 Å². The number of benzene rings is 5. The van der Waals surface area contributed by atoms with E-state index in [1.165, 1.54) is 23.1 Å². The van der Waals surface area contributed by atoms with Crippen molar-refractivity contribution in [3.8, 4) is 17.6 Å². The quantitative estimate of drug-likeness (QED) is 0.0154. The van der Waals surface area contributed by atoms with Crippen molar-refractivity contribution in [3.63, 3.8) is 0 Å². The summed E-state index contributed by atoms with van der Waals surface area (Å²) >= 11 is 6.27. The Labute approximate surface area is 416 Å². The van der Waals surface area contributed by atoms with Crippen LogP contribution in [0.15, 0.2) is 132 Å². The molecular formula is C52H61ClN7O9P. The lowest BCUT2D eigenvalue weighted by atomic mass is 9.79. The summed E-state index contributed by atoms with van der Waals surface area (Å²) in [4.78, 5) is 28.1. The molecule has 0 aromatic heterocycles. The van der Waals surface area contributed by atoms with E-state index in [-0.39, 0.29) is 55.4 Å². The summed E-state index contributed by atoms with van der Waals surface area (Å²) in [5.41, 5.74) is 1.59. The molecule has 5 aromatic rings. The predicted octanol–water partition coefficient (Wildman–Crippen LogP) is 12.7. The number of hydrogen-bond donors (Lipinski definition) is 1. The van der Waals surface area contributed by atoms with Crippen molar-refractivity contribution in [2.24, 2.45) is 10.2 Å². The first-order valence-corrected chi connectivity index (χ1v) is 24.6. The van der Waals surface area contributed by atoms with Crippen LogP contribution in [0.25, 0.3) is 0 Å². The van der Waals surface area contributed by atoms with Gasteiger partial charge in [-0.1, -0.05) is 66.2 Å². The van der Waals surface area contributed by atoms with Gasteiger partial charge < -0.3 is 33.3 Å². The van der Waals surface area contributed by atoms with Gasteiger partial charge in [0, 0.05) is 49.4 Å². The Morgan fingerprint density at radius 1 is 0.929 bits per heavy atom. The number of nitro groups is 1. The van der Waals surface area contributed by atoms with Gasteiger partial charge in [0.15, 0.2) is 0 Å². The van der Waals surface area contributed by atoms with E-state index in [4.69, 9.17) is 34.9 Å². The van der Waals surface area contributed by atoms with Gasteiger partial charge in [0.1, 0.15) is 22.8 Å². The maximum absolute atomic E-state index is 13.8. The number of halogens is 1. The molecule has 3 atom stereocenters. The van der Waals surface area contributed by atoms with Gasteiger partial charge in [-0.25, -0.2) is 9.46 Å². The third-order valence-electron chi connectivity index (χ3n) is 12.3. The van der Waals surface area contributed by atoms with E-state index in [2.05, 4.69) is 53.6 Å². The van der Waals surface area contributed by atoms with Crippen LogP contribution in [0.3, 0.4) is 0 Å². The molecule has 0 saturated carbocycles. The molecule has 0 spiro atoms. The first kappa shape index (κ1) is 53.2. The van der Waals surface area contributed by atoms with Gasteiger partial charge in [0.05, 0.1) is 73.7 Å². The molecular weight excluding hydrogens is 933 g/mol. The summed E-state index contributed by atoms with van der Waals surface area (Å²) in [5, 5.41) is 40.5. The minimum atomic E-state index is -1.71. The molecule has 3 unspecified atom stereocenters. The molecule has 18 heteroatoms. The Morgan fingerprint density at radius 3 is 2.04 bits per heavy atom. The van der Waals surface area contributed by atoms with E-state index in [9.17, 15) is 25.3 Å². The Bertz CT molecular complexity index is 2510. The lowest BCUT2D eigenvalue weighted by molar-refractivity contribution is -0.384. The topological polar surface area (TPSA) is 185 Å². The van der Waals surface area contributed by atoms with E-state index in [0.29, 0.717) is 42.4 Å². The van der Waals surface area contributed by atoms with Gasteiger partial charge in [-0.15, -0.1) is 5.11 Å². The average molecular weight is 995 g/mol. The number of nitriles is 1. The van der Waals surface area contributed by atoms with E-state index in [1.807, 2.05) is 110 Å². The second-order valence-electron chi connectivity index (χ2n) is 17.3. The number of hydrogen-bond acceptors (Lipinski definition) is 13. The molecule has 1 saturated heterocycles. The van der Waals surface area contributed by atoms with Crippen LogP contribution in [-0.2, 0) is 19.4 Å². The fourth-order valence-electron chi connectivity index (χ4n) is 8.88. The van der Waals surface area contributed by atoms with E-state index in [1.54, 1.807) is 14.2 Å². The average Bonchev–Trinajstić information content (AvgIpc) is 3.72. The molecule has 1 aliphatic rings. The molecule has 1 fully saturated rings. The second-order valence-corrected chi connectivity index (χ2v) is 19.1. The fourth-order valence-corrected chi connectivity index (χ4v) is 10.8. The Morgan fingerprint density at radius 2 is 1.53 bits per heavy atom. The molecule has 5 aromatic carbocycles. The van der Waals surface area contributed by atoms with Crippen molar-refractivity contribution < 1.29 is 38.1 Å². The van der Waals surface area contributed by atoms with Crippen LogP contribution in [0.4, 0.5) is 27.5 Å². The summed E-state index contributed by atoms with van der Waals surface area (Å²) in [6.45, 7) is 11.5. The summed E-state index contributed by atoms with van der Waals surface area (Å²) in [7, 11) is 1.52. The molecule has 16 nitrogen and oxygen atoms in total. The maximum atomic E-state index is 13.8. The summed E-state index contributed by atoms with van der Waals surface area (Å²) in [5.74, 6) is 1.33.